The summed E-state index contributed by atoms with van der Waals surface area (Å²) >= 11 is 0. The number of aromatic nitrogens is 4. The van der Waals surface area contributed by atoms with E-state index in [2.05, 4.69) is 64.7 Å². The zero-order valence-electron chi connectivity index (χ0n) is 25.2. The highest BCUT2D eigenvalue weighted by atomic mass is 16.4. The van der Waals surface area contributed by atoms with Gasteiger partial charge in [-0.25, -0.2) is 19.7 Å². The van der Waals surface area contributed by atoms with Gasteiger partial charge < -0.3 is 10.8 Å². The third-order valence-electron chi connectivity index (χ3n) is 8.71. The minimum absolute atomic E-state index is 0.234. The molecule has 0 aliphatic carbocycles. The molecular weight excluding hydrogens is 560 g/mol. The lowest BCUT2D eigenvalue weighted by molar-refractivity contribution is 0.0645. The van der Waals surface area contributed by atoms with Gasteiger partial charge in [-0.05, 0) is 65.6 Å². The van der Waals surface area contributed by atoms with Crippen molar-refractivity contribution in [3.05, 3.63) is 126 Å². The largest absolute Gasteiger partial charge is 0.478 e. The molecule has 0 bridgehead atoms. The van der Waals surface area contributed by atoms with E-state index in [1.165, 1.54) is 5.56 Å². The average Bonchev–Trinajstić information content (AvgIpc) is 3.42. The zero-order chi connectivity index (χ0) is 31.1. The molecule has 0 spiro atoms. The van der Waals surface area contributed by atoms with Crippen LogP contribution in [-0.4, -0.2) is 48.6 Å². The van der Waals surface area contributed by atoms with E-state index in [4.69, 9.17) is 15.7 Å². The van der Waals surface area contributed by atoms with E-state index in [1.807, 2.05) is 54.6 Å². The molecular formula is C37H34N6O2. The van der Waals surface area contributed by atoms with Crippen molar-refractivity contribution < 1.29 is 9.90 Å². The van der Waals surface area contributed by atoms with Crippen LogP contribution in [0.5, 0.6) is 0 Å². The number of hydrogen-bond donors (Lipinski definition) is 2. The summed E-state index contributed by atoms with van der Waals surface area (Å²) in [6, 6.07) is 34.2. The van der Waals surface area contributed by atoms with Crippen molar-refractivity contribution in [2.75, 3.05) is 18.8 Å². The number of carboxylic acids is 1. The Bertz CT molecular complexity index is 1980. The summed E-state index contributed by atoms with van der Waals surface area (Å²) in [7, 11) is 0. The predicted molar refractivity (Wildman–Crippen MR) is 177 cm³/mol. The molecule has 8 heteroatoms. The van der Waals surface area contributed by atoms with Crippen LogP contribution in [0.4, 0.5) is 5.82 Å². The maximum absolute atomic E-state index is 11.3. The van der Waals surface area contributed by atoms with Crippen molar-refractivity contribution in [2.45, 2.75) is 25.8 Å². The van der Waals surface area contributed by atoms with Gasteiger partial charge in [-0.3, -0.25) is 9.47 Å². The number of anilines is 1. The van der Waals surface area contributed by atoms with Gasteiger partial charge in [0.15, 0.2) is 11.5 Å². The summed E-state index contributed by atoms with van der Waals surface area (Å²) in [6.07, 6.45) is 1.68. The van der Waals surface area contributed by atoms with Gasteiger partial charge in [-0.15, -0.1) is 0 Å². The van der Waals surface area contributed by atoms with Crippen LogP contribution in [0.2, 0.25) is 0 Å². The van der Waals surface area contributed by atoms with Gasteiger partial charge >= 0.3 is 5.97 Å². The highest BCUT2D eigenvalue weighted by Crippen LogP contribution is 2.39. The Morgan fingerprint density at radius 2 is 1.60 bits per heavy atom. The van der Waals surface area contributed by atoms with E-state index in [0.29, 0.717) is 29.0 Å². The number of carbonyl (C=O) groups is 1. The molecule has 45 heavy (non-hydrogen) atoms. The average molecular weight is 595 g/mol. The number of carboxylic acid groups (broad SMARTS) is 1. The van der Waals surface area contributed by atoms with Crippen LogP contribution in [0, 0.1) is 5.92 Å². The molecule has 6 aromatic rings. The van der Waals surface area contributed by atoms with Crippen molar-refractivity contribution in [3.8, 4) is 28.3 Å². The van der Waals surface area contributed by atoms with E-state index in [0.717, 1.165) is 52.3 Å². The minimum atomic E-state index is -0.901. The molecule has 1 aliphatic heterocycles. The molecule has 8 nitrogen and oxygen atoms in total. The molecule has 7 rings (SSSR count). The second-order valence-electron chi connectivity index (χ2n) is 12.0. The molecule has 0 unspecified atom stereocenters. The van der Waals surface area contributed by atoms with Crippen LogP contribution in [0.3, 0.4) is 0 Å². The third-order valence-corrected chi connectivity index (χ3v) is 8.71. The standard InChI is InChI=1S/C37H34N6O2/c1-23(2)33(26-10-12-27(13-11-26)37(44)45)42-21-28(22-42)24-14-16-29(17-15-24)43-35(30-9-6-20-39-34(30)38)41-32-19-18-31(40-36(32)43)25-7-4-3-5-8-25/h3-20,23,28,33H,21-22H2,1-2H3,(H2,38,39)(H,44,45)/t33-/m0/s1. The lowest BCUT2D eigenvalue weighted by Gasteiger charge is -2.46. The molecule has 3 aromatic carbocycles. The fourth-order valence-corrected chi connectivity index (χ4v) is 6.45. The minimum Gasteiger partial charge on any atom is -0.478 e. The van der Waals surface area contributed by atoms with Gasteiger partial charge in [-0.1, -0.05) is 68.4 Å². The number of aromatic carboxylic acids is 1. The molecule has 4 heterocycles. The summed E-state index contributed by atoms with van der Waals surface area (Å²) in [6.45, 7) is 6.32. The first-order chi connectivity index (χ1) is 21.9. The number of likely N-dealkylation sites (tertiary alicyclic amines) is 1. The molecule has 0 amide bonds. The molecule has 224 valence electrons. The van der Waals surface area contributed by atoms with Gasteiger partial charge in [0, 0.05) is 42.5 Å². The Labute approximate surface area is 261 Å². The highest BCUT2D eigenvalue weighted by Gasteiger charge is 2.35. The fraction of sp³-hybridized carbons (Fsp3) is 0.189. The number of hydrogen-bond acceptors (Lipinski definition) is 6. The predicted octanol–water partition coefficient (Wildman–Crippen LogP) is 7.23. The summed E-state index contributed by atoms with van der Waals surface area (Å²) < 4.78 is 2.07. The monoisotopic (exact) mass is 594 g/mol. The second kappa shape index (κ2) is 11.6. The first-order valence-electron chi connectivity index (χ1n) is 15.2. The molecule has 0 radical (unpaired) electrons. The summed E-state index contributed by atoms with van der Waals surface area (Å²) in [5.41, 5.74) is 14.2. The molecule has 3 N–H and O–H groups in total. The third kappa shape index (κ3) is 5.34. The number of nitrogen functional groups attached to an aromatic ring is 1. The molecule has 3 aromatic heterocycles. The summed E-state index contributed by atoms with van der Waals surface area (Å²) in [5, 5.41) is 9.30. The zero-order valence-corrected chi connectivity index (χ0v) is 25.2. The maximum Gasteiger partial charge on any atom is 0.335 e. The fourth-order valence-electron chi connectivity index (χ4n) is 6.45. The van der Waals surface area contributed by atoms with Crippen LogP contribution >= 0.6 is 0 Å². The number of benzene rings is 3. The van der Waals surface area contributed by atoms with Crippen molar-refractivity contribution in [2.24, 2.45) is 5.92 Å². The van der Waals surface area contributed by atoms with Crippen LogP contribution in [-0.2, 0) is 0 Å². The van der Waals surface area contributed by atoms with Crippen molar-refractivity contribution in [1.29, 1.82) is 0 Å². The number of nitrogens with zero attached hydrogens (tertiary/aromatic N) is 5. The summed E-state index contributed by atoms with van der Waals surface area (Å²) in [5.74, 6) is 1.02. The van der Waals surface area contributed by atoms with Crippen molar-refractivity contribution in [3.63, 3.8) is 0 Å². The Hall–Kier alpha value is -5.34. The lowest BCUT2D eigenvalue weighted by atomic mass is 9.85. The molecule has 1 atom stereocenters. The first kappa shape index (κ1) is 28.4. The van der Waals surface area contributed by atoms with Crippen LogP contribution in [0.25, 0.3) is 39.5 Å². The number of rotatable bonds is 8. The van der Waals surface area contributed by atoms with Gasteiger partial charge in [0.1, 0.15) is 11.3 Å². The van der Waals surface area contributed by atoms with E-state index < -0.39 is 5.97 Å². The van der Waals surface area contributed by atoms with E-state index in [1.54, 1.807) is 18.3 Å². The SMILES string of the molecule is CC(C)[C@@H](c1ccc(C(=O)O)cc1)N1CC(c2ccc(-n3c(-c4cccnc4N)nc4ccc(-c5ccccc5)nc43)cc2)C1. The van der Waals surface area contributed by atoms with Gasteiger partial charge in [0.05, 0.1) is 16.8 Å². The van der Waals surface area contributed by atoms with Crippen LogP contribution < -0.4 is 5.73 Å². The van der Waals surface area contributed by atoms with E-state index >= 15 is 0 Å². The second-order valence-corrected chi connectivity index (χ2v) is 12.0. The molecule has 1 saturated heterocycles. The normalized spacial score (nSPS) is 14.5. The Kier molecular flexibility index (Phi) is 7.35. The summed E-state index contributed by atoms with van der Waals surface area (Å²) in [4.78, 5) is 28.2. The first-order valence-corrected chi connectivity index (χ1v) is 15.2. The highest BCUT2D eigenvalue weighted by molar-refractivity contribution is 5.87. The van der Waals surface area contributed by atoms with Gasteiger partial charge in [-0.2, -0.15) is 0 Å². The van der Waals surface area contributed by atoms with Crippen LogP contribution in [0.15, 0.2) is 109 Å². The van der Waals surface area contributed by atoms with Gasteiger partial charge in [0.25, 0.3) is 0 Å². The molecule has 0 saturated carbocycles. The lowest BCUT2D eigenvalue weighted by Crippen LogP contribution is -2.48. The Morgan fingerprint density at radius 1 is 0.867 bits per heavy atom. The smallest absolute Gasteiger partial charge is 0.335 e. The molecule has 1 aliphatic rings. The maximum atomic E-state index is 11.3. The van der Waals surface area contributed by atoms with E-state index in [-0.39, 0.29) is 6.04 Å². The Balaban J connectivity index is 1.19. The van der Waals surface area contributed by atoms with Crippen LogP contribution in [0.1, 0.15) is 47.3 Å². The number of imidazole rings is 1. The topological polar surface area (TPSA) is 110 Å². The van der Waals surface area contributed by atoms with Crippen molar-refractivity contribution in [1.82, 2.24) is 24.4 Å². The van der Waals surface area contributed by atoms with Crippen molar-refractivity contribution >= 4 is 23.0 Å². The number of fused-ring (bicyclic) bond motifs is 1. The van der Waals surface area contributed by atoms with E-state index in [9.17, 15) is 9.90 Å². The quantitative estimate of drug-likeness (QED) is 0.191. The number of pyridine rings is 2. The number of nitrogens with two attached hydrogens (primary N) is 1. The molecule has 1 fully saturated rings. The Morgan fingerprint density at radius 3 is 2.27 bits per heavy atom. The van der Waals surface area contributed by atoms with Gasteiger partial charge in [0.2, 0.25) is 0 Å².